The second-order valence-electron chi connectivity index (χ2n) is 8.46. The van der Waals surface area contributed by atoms with E-state index in [1.807, 2.05) is 54.6 Å². The highest BCUT2D eigenvalue weighted by Crippen LogP contribution is 2.87. The lowest BCUT2D eigenvalue weighted by Gasteiger charge is -2.38. The Kier molecular flexibility index (Phi) is 8.38. The smallest absolute Gasteiger partial charge is 0.234 e. The molecule has 3 aromatic carbocycles. The van der Waals surface area contributed by atoms with Gasteiger partial charge in [-0.2, -0.15) is 13.5 Å². The van der Waals surface area contributed by atoms with E-state index in [1.54, 1.807) is 0 Å². The molecule has 0 saturated carbocycles. The van der Waals surface area contributed by atoms with Gasteiger partial charge in [-0.15, -0.1) is 0 Å². The van der Waals surface area contributed by atoms with Crippen LogP contribution in [0.15, 0.2) is 109 Å². The standard InChI is InChI=1S/C23H25Cl4N5P4/c24-34(25)29-35(26,27)31-36(30-34,32-19-11-4-12-20-32)28-33(21-13-5-1-6-14-21,22-15-7-2-8-16-22)23-17-9-3-10-18-23/h1-3,5-10,13-18H,4,11-12,19-20H2. The number of hydrogen-bond donors (Lipinski definition) is 0. The Hall–Kier alpha value is -0.300. The van der Waals surface area contributed by atoms with Gasteiger partial charge >= 0.3 is 0 Å². The van der Waals surface area contributed by atoms with Gasteiger partial charge in [-0.05, 0) is 57.8 Å². The molecule has 0 aliphatic carbocycles. The third kappa shape index (κ3) is 5.67. The Balaban J connectivity index is 1.99. The minimum Gasteiger partial charge on any atom is -0.234 e. The van der Waals surface area contributed by atoms with Crippen LogP contribution in [0.3, 0.4) is 0 Å². The average Bonchev–Trinajstić information content (AvgIpc) is 2.88. The molecule has 0 bridgehead atoms. The average molecular weight is 637 g/mol. The van der Waals surface area contributed by atoms with Crippen molar-refractivity contribution in [2.45, 2.75) is 19.3 Å². The maximum Gasteiger partial charge on any atom is 0.264 e. The van der Waals surface area contributed by atoms with Crippen molar-refractivity contribution in [1.29, 1.82) is 0 Å². The van der Waals surface area contributed by atoms with Gasteiger partial charge in [-0.25, -0.2) is 9.19 Å². The van der Waals surface area contributed by atoms with Gasteiger partial charge in [0.05, 0.1) is 7.05 Å². The summed E-state index contributed by atoms with van der Waals surface area (Å²) in [5, 5.41) is 3.27. The molecule has 0 spiro atoms. The van der Waals surface area contributed by atoms with E-state index in [0.717, 1.165) is 48.3 Å². The Bertz CT molecular complexity index is 1340. The highest BCUT2D eigenvalue weighted by atomic mass is 35.9. The zero-order valence-corrected chi connectivity index (χ0v) is 25.8. The van der Waals surface area contributed by atoms with Crippen molar-refractivity contribution >= 4 is 87.3 Å². The topological polar surface area (TPSA) is 52.7 Å². The maximum atomic E-state index is 6.72. The first-order valence-electron chi connectivity index (χ1n) is 11.5. The summed E-state index contributed by atoms with van der Waals surface area (Å²) in [5.41, 5.74) is 0. The molecule has 0 N–H and O–H groups in total. The predicted molar refractivity (Wildman–Crippen MR) is 164 cm³/mol. The number of nitrogens with zero attached hydrogens (tertiary/aromatic N) is 5. The lowest BCUT2D eigenvalue weighted by molar-refractivity contribution is 0.366. The van der Waals surface area contributed by atoms with Gasteiger partial charge in [0, 0.05) is 29.0 Å². The zero-order valence-electron chi connectivity index (χ0n) is 19.2. The molecule has 36 heavy (non-hydrogen) atoms. The molecule has 0 aromatic heterocycles. The summed E-state index contributed by atoms with van der Waals surface area (Å²) in [6.07, 6.45) is 3.17. The summed E-state index contributed by atoms with van der Waals surface area (Å²) in [7, 11) is -5.75. The van der Waals surface area contributed by atoms with E-state index < -0.39 is 26.4 Å². The molecule has 0 amide bonds. The molecule has 190 valence electrons. The van der Waals surface area contributed by atoms with Crippen molar-refractivity contribution in [2.24, 2.45) is 18.1 Å². The first kappa shape index (κ1) is 27.3. The van der Waals surface area contributed by atoms with E-state index in [2.05, 4.69) is 45.6 Å². The van der Waals surface area contributed by atoms with Crippen LogP contribution in [-0.2, 0) is 0 Å². The van der Waals surface area contributed by atoms with Crippen LogP contribution in [0.25, 0.3) is 0 Å². The van der Waals surface area contributed by atoms with Crippen LogP contribution < -0.4 is 15.9 Å². The van der Waals surface area contributed by atoms with E-state index in [0.29, 0.717) is 0 Å². The second kappa shape index (κ2) is 11.1. The molecule has 2 aliphatic heterocycles. The normalized spacial score (nSPS) is 23.6. The van der Waals surface area contributed by atoms with Gasteiger partial charge in [0.25, 0.3) is 19.3 Å². The fourth-order valence-electron chi connectivity index (χ4n) is 4.54. The van der Waals surface area contributed by atoms with Crippen LogP contribution in [0.1, 0.15) is 19.3 Å². The first-order chi connectivity index (χ1) is 17.2. The minimum absolute atomic E-state index is 0.782. The van der Waals surface area contributed by atoms with Crippen LogP contribution in [0.5, 0.6) is 0 Å². The second-order valence-corrected chi connectivity index (χ2v) is 24.3. The molecule has 1 unspecified atom stereocenters. The Morgan fingerprint density at radius 1 is 0.583 bits per heavy atom. The van der Waals surface area contributed by atoms with Gasteiger partial charge < -0.3 is 0 Å². The van der Waals surface area contributed by atoms with Crippen molar-refractivity contribution < 1.29 is 0 Å². The summed E-state index contributed by atoms with van der Waals surface area (Å²) in [6, 6.07) is 31.1. The number of halogens is 4. The molecule has 3 aromatic rings. The van der Waals surface area contributed by atoms with Gasteiger partial charge in [-0.3, -0.25) is 0 Å². The lowest BCUT2D eigenvalue weighted by atomic mass is 10.2. The molecule has 1 saturated heterocycles. The van der Waals surface area contributed by atoms with Crippen LogP contribution in [-0.4, -0.2) is 17.8 Å². The van der Waals surface area contributed by atoms with E-state index in [-0.39, 0.29) is 0 Å². The molecule has 0 radical (unpaired) electrons. The van der Waals surface area contributed by atoms with Gasteiger partial charge in [0.2, 0.25) is 0 Å². The predicted octanol–water partition coefficient (Wildman–Crippen LogP) is 10.5. The summed E-state index contributed by atoms with van der Waals surface area (Å²) in [5.74, 6) is -6.38. The van der Waals surface area contributed by atoms with Gasteiger partial charge in [0.15, 0.2) is 0 Å². The largest absolute Gasteiger partial charge is 0.264 e. The monoisotopic (exact) mass is 635 g/mol. The molecular formula is C23H25Cl4N5P4. The zero-order chi connectivity index (χ0) is 25.3. The molecule has 1 fully saturated rings. The Labute approximate surface area is 232 Å². The molecule has 5 rings (SSSR count). The summed E-state index contributed by atoms with van der Waals surface area (Å²) in [6.45, 7) is 1.56. The minimum atomic E-state index is -3.19. The lowest BCUT2D eigenvalue weighted by Crippen LogP contribution is -2.28. The SMILES string of the molecule is ClP1(Cl)=NP(Cl)(Cl)=NP(N=P(c2ccccc2)(c2ccccc2)c2ccccc2)(N2CCCCC2)=N1. The first-order valence-corrected chi connectivity index (χ1v) is 21.9. The van der Waals surface area contributed by atoms with Crippen molar-refractivity contribution in [3.63, 3.8) is 0 Å². The molecular weight excluding hydrogens is 612 g/mol. The number of piperidine rings is 1. The third-order valence-corrected chi connectivity index (χ3v) is 22.6. The van der Waals surface area contributed by atoms with Crippen LogP contribution >= 0.6 is 71.3 Å². The van der Waals surface area contributed by atoms with Gasteiger partial charge in [-0.1, -0.05) is 97.4 Å². The van der Waals surface area contributed by atoms with Crippen molar-refractivity contribution in [3.05, 3.63) is 91.0 Å². The molecule has 1 atom stereocenters. The summed E-state index contributed by atoms with van der Waals surface area (Å²) < 4.78 is 22.3. The van der Waals surface area contributed by atoms with E-state index in [9.17, 15) is 0 Å². The van der Waals surface area contributed by atoms with Crippen molar-refractivity contribution in [3.8, 4) is 0 Å². The van der Waals surface area contributed by atoms with E-state index >= 15 is 0 Å². The molecule has 2 heterocycles. The van der Waals surface area contributed by atoms with Crippen LogP contribution in [0.2, 0.25) is 0 Å². The van der Waals surface area contributed by atoms with Crippen molar-refractivity contribution in [1.82, 2.24) is 4.67 Å². The molecule has 5 nitrogen and oxygen atoms in total. The number of rotatable bonds is 5. The van der Waals surface area contributed by atoms with E-state index in [4.69, 9.17) is 58.5 Å². The van der Waals surface area contributed by atoms with Crippen LogP contribution in [0.4, 0.5) is 0 Å². The summed E-state index contributed by atoms with van der Waals surface area (Å²) in [4.78, 5) is 0. The number of benzene rings is 3. The Morgan fingerprint density at radius 2 is 1.00 bits per heavy atom. The van der Waals surface area contributed by atoms with Crippen LogP contribution in [0, 0.1) is 0 Å². The molecule has 2 aliphatic rings. The number of hydrogen-bond acceptors (Lipinski definition) is 5. The molecule has 13 heteroatoms. The fraction of sp³-hybridized carbons (Fsp3) is 0.217. The van der Waals surface area contributed by atoms with Crippen molar-refractivity contribution in [2.75, 3.05) is 13.1 Å². The quantitative estimate of drug-likeness (QED) is 0.257. The summed E-state index contributed by atoms with van der Waals surface area (Å²) >= 11 is 26.9. The Morgan fingerprint density at radius 3 is 1.42 bits per heavy atom. The van der Waals surface area contributed by atoms with Gasteiger partial charge in [0.1, 0.15) is 0 Å². The third-order valence-electron chi connectivity index (χ3n) is 6.03. The maximum absolute atomic E-state index is 6.72. The van der Waals surface area contributed by atoms with E-state index in [1.165, 1.54) is 0 Å². The highest BCUT2D eigenvalue weighted by molar-refractivity contribution is 8.21. The fourth-order valence-corrected chi connectivity index (χ4v) is 25.8. The highest BCUT2D eigenvalue weighted by Gasteiger charge is 2.41.